The Labute approximate surface area is 120 Å². The van der Waals surface area contributed by atoms with Crippen LogP contribution in [0.1, 0.15) is 24.0 Å². The van der Waals surface area contributed by atoms with Crippen LogP contribution in [0.4, 0.5) is 0 Å². The maximum atomic E-state index is 12.7. The third-order valence-corrected chi connectivity index (χ3v) is 5.80. The van der Waals surface area contributed by atoms with Gasteiger partial charge in [-0.2, -0.15) is 4.31 Å². The second-order valence-corrected chi connectivity index (χ2v) is 7.33. The summed E-state index contributed by atoms with van der Waals surface area (Å²) < 4.78 is 26.9. The topological polar surface area (TPSA) is 87.2 Å². The number of hydrogen-bond acceptors (Lipinski definition) is 3. The van der Waals surface area contributed by atoms with Crippen molar-refractivity contribution in [3.05, 3.63) is 29.3 Å². The molecule has 1 atom stereocenters. The van der Waals surface area contributed by atoms with Gasteiger partial charge in [0.05, 0.1) is 10.7 Å². The fourth-order valence-corrected chi connectivity index (χ4v) is 4.37. The van der Waals surface area contributed by atoms with E-state index >= 15 is 0 Å². The van der Waals surface area contributed by atoms with Crippen LogP contribution >= 0.6 is 0 Å². The lowest BCUT2D eigenvalue weighted by Crippen LogP contribution is -2.44. The highest BCUT2D eigenvalue weighted by Crippen LogP contribution is 2.26. The van der Waals surface area contributed by atoms with Crippen molar-refractivity contribution in [3.8, 4) is 0 Å². The zero-order valence-corrected chi connectivity index (χ0v) is 12.7. The summed E-state index contributed by atoms with van der Waals surface area (Å²) in [6, 6.07) is 5.35. The number of sulfonamides is 1. The lowest BCUT2D eigenvalue weighted by Gasteiger charge is -2.31. The van der Waals surface area contributed by atoms with Gasteiger partial charge in [0.1, 0.15) is 0 Å². The molecule has 1 fully saturated rings. The van der Waals surface area contributed by atoms with Gasteiger partial charge in [-0.05, 0) is 38.3 Å². The fourth-order valence-electron chi connectivity index (χ4n) is 2.64. The molecule has 6 heteroatoms. The maximum Gasteiger partial charge on any atom is 0.243 e. The minimum atomic E-state index is -3.49. The van der Waals surface area contributed by atoms with Crippen LogP contribution in [0.2, 0.25) is 0 Å². The molecule has 0 aromatic heterocycles. The van der Waals surface area contributed by atoms with Crippen molar-refractivity contribution in [3.63, 3.8) is 0 Å². The highest BCUT2D eigenvalue weighted by molar-refractivity contribution is 7.89. The van der Waals surface area contributed by atoms with Crippen LogP contribution in [-0.2, 0) is 10.0 Å². The predicted molar refractivity (Wildman–Crippen MR) is 79.3 cm³/mol. The number of aryl methyl sites for hydroxylation is 2. The Morgan fingerprint density at radius 1 is 1.40 bits per heavy atom. The molecule has 2 rings (SSSR count). The average molecular weight is 295 g/mol. The molecule has 1 aliphatic heterocycles. The first-order valence-electron chi connectivity index (χ1n) is 6.73. The van der Waals surface area contributed by atoms with Crippen LogP contribution in [0, 0.1) is 25.2 Å². The van der Waals surface area contributed by atoms with Crippen molar-refractivity contribution in [2.75, 3.05) is 13.1 Å². The fraction of sp³-hybridized carbons (Fsp3) is 0.500. The molecule has 5 nitrogen and oxygen atoms in total. The third kappa shape index (κ3) is 2.86. The number of nitrogens with one attached hydrogen (secondary N) is 1. The predicted octanol–water partition coefficient (Wildman–Crippen LogP) is 1.64. The smallest absolute Gasteiger partial charge is 0.243 e. The van der Waals surface area contributed by atoms with Crippen molar-refractivity contribution in [2.45, 2.75) is 31.6 Å². The van der Waals surface area contributed by atoms with Crippen LogP contribution < -0.4 is 5.73 Å². The van der Waals surface area contributed by atoms with E-state index in [2.05, 4.69) is 0 Å². The summed E-state index contributed by atoms with van der Waals surface area (Å²) in [6.45, 7) is 4.56. The number of nitrogens with zero attached hydrogens (tertiary/aromatic N) is 1. The van der Waals surface area contributed by atoms with Crippen LogP contribution in [-0.4, -0.2) is 31.6 Å². The molecule has 0 amide bonds. The molecule has 0 radical (unpaired) electrons. The minimum Gasteiger partial charge on any atom is -0.387 e. The number of benzene rings is 1. The molecule has 3 N–H and O–H groups in total. The van der Waals surface area contributed by atoms with Crippen LogP contribution in [0.3, 0.4) is 0 Å². The van der Waals surface area contributed by atoms with Gasteiger partial charge in [-0.25, -0.2) is 8.42 Å². The minimum absolute atomic E-state index is 0.0746. The molecule has 1 aromatic carbocycles. The van der Waals surface area contributed by atoms with E-state index in [0.717, 1.165) is 24.0 Å². The molecule has 110 valence electrons. The zero-order valence-electron chi connectivity index (χ0n) is 11.9. The van der Waals surface area contributed by atoms with Crippen molar-refractivity contribution >= 4 is 15.9 Å². The lowest BCUT2D eigenvalue weighted by atomic mass is 9.99. The first-order valence-corrected chi connectivity index (χ1v) is 8.17. The molecule has 1 heterocycles. The summed E-state index contributed by atoms with van der Waals surface area (Å²) in [5.41, 5.74) is 7.33. The third-order valence-electron chi connectivity index (χ3n) is 3.77. The molecule has 0 bridgehead atoms. The van der Waals surface area contributed by atoms with E-state index in [-0.39, 0.29) is 11.8 Å². The molecule has 20 heavy (non-hydrogen) atoms. The molecule has 1 aromatic rings. The summed E-state index contributed by atoms with van der Waals surface area (Å²) >= 11 is 0. The summed E-state index contributed by atoms with van der Waals surface area (Å²) in [5.74, 6) is -0.0881. The van der Waals surface area contributed by atoms with E-state index < -0.39 is 10.0 Å². The van der Waals surface area contributed by atoms with Gasteiger partial charge in [-0.1, -0.05) is 17.7 Å². The van der Waals surface area contributed by atoms with Gasteiger partial charge in [-0.3, -0.25) is 5.41 Å². The summed E-state index contributed by atoms with van der Waals surface area (Å²) in [6.07, 6.45) is 1.53. The second kappa shape index (κ2) is 5.54. The molecular formula is C14H21N3O2S. The summed E-state index contributed by atoms with van der Waals surface area (Å²) in [7, 11) is -3.49. The van der Waals surface area contributed by atoms with Gasteiger partial charge >= 0.3 is 0 Å². The number of hydrogen-bond donors (Lipinski definition) is 2. The van der Waals surface area contributed by atoms with Crippen molar-refractivity contribution in [1.29, 1.82) is 5.41 Å². The van der Waals surface area contributed by atoms with E-state index in [4.69, 9.17) is 11.1 Å². The Morgan fingerprint density at radius 2 is 2.10 bits per heavy atom. The second-order valence-electron chi connectivity index (χ2n) is 5.43. The SMILES string of the molecule is Cc1ccc(S(=O)(=O)N2CCCC(C(=N)N)C2)c(C)c1. The van der Waals surface area contributed by atoms with Crippen molar-refractivity contribution < 1.29 is 8.42 Å². The van der Waals surface area contributed by atoms with Gasteiger partial charge in [0.2, 0.25) is 10.0 Å². The van der Waals surface area contributed by atoms with Crippen LogP contribution in [0.5, 0.6) is 0 Å². The Balaban J connectivity index is 2.32. The van der Waals surface area contributed by atoms with Gasteiger partial charge in [0.15, 0.2) is 0 Å². The van der Waals surface area contributed by atoms with Crippen molar-refractivity contribution in [2.24, 2.45) is 11.7 Å². The summed E-state index contributed by atoms with van der Waals surface area (Å²) in [4.78, 5) is 0.354. The van der Waals surface area contributed by atoms with E-state index in [9.17, 15) is 8.42 Å². The van der Waals surface area contributed by atoms with E-state index in [0.29, 0.717) is 18.0 Å². The van der Waals surface area contributed by atoms with Crippen LogP contribution in [0.25, 0.3) is 0 Å². The Hall–Kier alpha value is -1.40. The van der Waals surface area contributed by atoms with E-state index in [1.54, 1.807) is 6.07 Å². The largest absolute Gasteiger partial charge is 0.387 e. The molecular weight excluding hydrogens is 274 g/mol. The van der Waals surface area contributed by atoms with Gasteiger partial charge in [-0.15, -0.1) is 0 Å². The van der Waals surface area contributed by atoms with Gasteiger partial charge in [0.25, 0.3) is 0 Å². The number of rotatable bonds is 3. The molecule has 0 saturated carbocycles. The maximum absolute atomic E-state index is 12.7. The van der Waals surface area contributed by atoms with Crippen molar-refractivity contribution in [1.82, 2.24) is 4.31 Å². The number of amidine groups is 1. The number of nitrogens with two attached hydrogens (primary N) is 1. The Morgan fingerprint density at radius 3 is 2.70 bits per heavy atom. The molecule has 1 saturated heterocycles. The molecule has 0 aliphatic carbocycles. The lowest BCUT2D eigenvalue weighted by molar-refractivity contribution is 0.310. The van der Waals surface area contributed by atoms with E-state index in [1.165, 1.54) is 4.31 Å². The molecule has 1 aliphatic rings. The van der Waals surface area contributed by atoms with Gasteiger partial charge in [0, 0.05) is 19.0 Å². The molecule has 0 spiro atoms. The standard InChI is InChI=1S/C14H21N3O2S/c1-10-5-6-13(11(2)8-10)20(18,19)17-7-3-4-12(9-17)14(15)16/h5-6,8,12H,3-4,7,9H2,1-2H3,(H3,15,16). The quantitative estimate of drug-likeness (QED) is 0.656. The first kappa shape index (κ1) is 15.0. The Bertz CT molecular complexity index is 625. The highest BCUT2D eigenvalue weighted by atomic mass is 32.2. The average Bonchev–Trinajstić information content (AvgIpc) is 2.38. The normalized spacial score (nSPS) is 20.8. The molecule has 1 unspecified atom stereocenters. The number of piperidine rings is 1. The zero-order chi connectivity index (χ0) is 14.9. The first-order chi connectivity index (χ1) is 9.32. The van der Waals surface area contributed by atoms with Crippen LogP contribution in [0.15, 0.2) is 23.1 Å². The Kier molecular flexibility index (Phi) is 4.15. The highest BCUT2D eigenvalue weighted by Gasteiger charge is 2.32. The summed E-state index contributed by atoms with van der Waals surface area (Å²) in [5, 5.41) is 7.51. The van der Waals surface area contributed by atoms with E-state index in [1.807, 2.05) is 26.0 Å². The van der Waals surface area contributed by atoms with Gasteiger partial charge < -0.3 is 5.73 Å². The monoisotopic (exact) mass is 295 g/mol.